The maximum atomic E-state index is 2.54. The molecular weight excluding hydrogens is 805 g/mol. The number of anilines is 6. The molecule has 0 bridgehead atoms. The Morgan fingerprint density at radius 3 is 1.39 bits per heavy atom. The standard InChI is InChI=1S/C60H56N2Si2/c1-42-22-26-46(27-23-42)61(47-32-37-52(38-33-47)64(5,6)7)50-34-39-55-56(40-50)60(44-16-10-8-11-17-44,45-18-12-9-13-19-45)57-41-58(53-20-14-15-21-54(53)59(55)57)62(48-28-24-43(2)25-29-48)49-30-35-51(36-31-49)63(3)4/h8-41,63H,1-7H3. The van der Waals surface area contributed by atoms with Crippen molar-refractivity contribution < 1.29 is 0 Å². The van der Waals surface area contributed by atoms with Gasteiger partial charge in [0.2, 0.25) is 0 Å². The number of rotatable bonds is 10. The Bertz CT molecular complexity index is 3060. The van der Waals surface area contributed by atoms with Crippen LogP contribution >= 0.6 is 0 Å². The quantitative estimate of drug-likeness (QED) is 0.126. The predicted octanol–water partition coefficient (Wildman–Crippen LogP) is 15.0. The Morgan fingerprint density at radius 2 is 0.875 bits per heavy atom. The highest BCUT2D eigenvalue weighted by Crippen LogP contribution is 2.60. The van der Waals surface area contributed by atoms with Crippen LogP contribution in [0.25, 0.3) is 21.9 Å². The highest BCUT2D eigenvalue weighted by molar-refractivity contribution is 6.88. The zero-order valence-electron chi connectivity index (χ0n) is 38.1. The van der Waals surface area contributed by atoms with Gasteiger partial charge in [-0.3, -0.25) is 0 Å². The zero-order chi connectivity index (χ0) is 44.2. The third kappa shape index (κ3) is 7.11. The number of aryl methyl sites for hydroxylation is 2. The number of fused-ring (bicyclic) bond motifs is 5. The van der Waals surface area contributed by atoms with Gasteiger partial charge in [-0.1, -0.05) is 194 Å². The van der Waals surface area contributed by atoms with E-state index < -0.39 is 22.3 Å². The van der Waals surface area contributed by atoms with Gasteiger partial charge in [0.15, 0.2) is 0 Å². The summed E-state index contributed by atoms with van der Waals surface area (Å²) in [5.74, 6) is 0. The number of hydrogen-bond donors (Lipinski definition) is 0. The topological polar surface area (TPSA) is 6.48 Å². The molecule has 0 amide bonds. The second-order valence-corrected chi connectivity index (χ2v) is 27.0. The summed E-state index contributed by atoms with van der Waals surface area (Å²) in [5, 5.41) is 5.39. The van der Waals surface area contributed by atoms with E-state index in [1.54, 1.807) is 0 Å². The summed E-state index contributed by atoms with van der Waals surface area (Å²) in [4.78, 5) is 4.94. The molecule has 0 heterocycles. The SMILES string of the molecule is Cc1ccc(N(c2ccc([Si](C)(C)C)cc2)c2ccc3c(c2)C(c2ccccc2)(c2ccccc2)c2cc(N(c4ccc(C)cc4)c4ccc([SiH](C)C)cc4)c4ccccc4c2-3)cc1. The Hall–Kier alpha value is -6.73. The molecule has 4 heteroatoms. The van der Waals surface area contributed by atoms with Crippen molar-refractivity contribution in [2.24, 2.45) is 0 Å². The van der Waals surface area contributed by atoms with Gasteiger partial charge in [0, 0.05) is 33.8 Å². The summed E-state index contributed by atoms with van der Waals surface area (Å²) in [6, 6.07) is 78.1. The summed E-state index contributed by atoms with van der Waals surface area (Å²) in [7, 11) is -2.50. The molecule has 1 aliphatic rings. The highest BCUT2D eigenvalue weighted by atomic mass is 28.3. The normalized spacial score (nSPS) is 12.9. The Morgan fingerprint density at radius 1 is 0.422 bits per heavy atom. The van der Waals surface area contributed by atoms with Gasteiger partial charge in [-0.05, 0) is 119 Å². The molecule has 0 saturated carbocycles. The van der Waals surface area contributed by atoms with Crippen LogP contribution in [0.15, 0.2) is 206 Å². The molecule has 9 aromatic carbocycles. The van der Waals surface area contributed by atoms with Crippen LogP contribution in [-0.2, 0) is 5.41 Å². The maximum Gasteiger partial charge on any atom is 0.0775 e. The summed E-state index contributed by atoms with van der Waals surface area (Å²) >= 11 is 0. The van der Waals surface area contributed by atoms with Crippen molar-refractivity contribution in [2.75, 3.05) is 9.80 Å². The van der Waals surface area contributed by atoms with E-state index in [2.05, 4.69) is 263 Å². The Labute approximate surface area is 382 Å². The highest BCUT2D eigenvalue weighted by Gasteiger charge is 2.48. The third-order valence-corrected chi connectivity index (χ3v) is 17.2. The first-order valence-electron chi connectivity index (χ1n) is 22.8. The van der Waals surface area contributed by atoms with E-state index in [9.17, 15) is 0 Å². The average molecular weight is 861 g/mol. The molecule has 64 heavy (non-hydrogen) atoms. The summed E-state index contributed by atoms with van der Waals surface area (Å²) in [5.41, 5.74) is 16.3. The van der Waals surface area contributed by atoms with Gasteiger partial charge in [-0.25, -0.2) is 0 Å². The lowest BCUT2D eigenvalue weighted by molar-refractivity contribution is 0.769. The van der Waals surface area contributed by atoms with Crippen molar-refractivity contribution in [2.45, 2.75) is 52.0 Å². The smallest absolute Gasteiger partial charge is 0.0775 e. The fraction of sp³-hybridized carbons (Fsp3) is 0.133. The molecule has 10 rings (SSSR count). The second-order valence-electron chi connectivity index (χ2n) is 19.0. The molecule has 314 valence electrons. The van der Waals surface area contributed by atoms with Gasteiger partial charge >= 0.3 is 0 Å². The predicted molar refractivity (Wildman–Crippen MR) is 282 cm³/mol. The van der Waals surface area contributed by atoms with Crippen molar-refractivity contribution in [3.63, 3.8) is 0 Å². The first kappa shape index (κ1) is 41.3. The molecule has 0 saturated heterocycles. The lowest BCUT2D eigenvalue weighted by Gasteiger charge is -2.36. The molecule has 0 radical (unpaired) electrons. The molecule has 0 unspecified atom stereocenters. The molecule has 2 nitrogen and oxygen atoms in total. The van der Waals surface area contributed by atoms with E-state index in [1.165, 1.54) is 71.3 Å². The van der Waals surface area contributed by atoms with E-state index >= 15 is 0 Å². The van der Waals surface area contributed by atoms with Crippen LogP contribution in [0.2, 0.25) is 32.7 Å². The van der Waals surface area contributed by atoms with E-state index in [1.807, 2.05) is 0 Å². The van der Waals surface area contributed by atoms with E-state index in [0.717, 1.165) is 28.4 Å². The van der Waals surface area contributed by atoms with Gasteiger partial charge < -0.3 is 9.80 Å². The van der Waals surface area contributed by atoms with Crippen LogP contribution < -0.4 is 20.2 Å². The summed E-state index contributed by atoms with van der Waals surface area (Å²) in [6.45, 7) is 16.4. The van der Waals surface area contributed by atoms with Crippen LogP contribution in [-0.4, -0.2) is 16.9 Å². The fourth-order valence-corrected chi connectivity index (χ4v) is 12.1. The molecule has 0 aliphatic heterocycles. The first-order chi connectivity index (χ1) is 31.0. The first-order valence-corrected chi connectivity index (χ1v) is 29.2. The van der Waals surface area contributed by atoms with Crippen molar-refractivity contribution in [3.8, 4) is 11.1 Å². The summed E-state index contributed by atoms with van der Waals surface area (Å²) < 4.78 is 0. The van der Waals surface area contributed by atoms with Gasteiger partial charge in [0.05, 0.1) is 28.0 Å². The number of benzene rings is 9. The van der Waals surface area contributed by atoms with Gasteiger partial charge in [0.25, 0.3) is 0 Å². The van der Waals surface area contributed by atoms with Crippen molar-refractivity contribution in [1.29, 1.82) is 0 Å². The average Bonchev–Trinajstić information content (AvgIpc) is 3.61. The minimum absolute atomic E-state index is 0.644. The van der Waals surface area contributed by atoms with Crippen molar-refractivity contribution >= 4 is 72.1 Å². The van der Waals surface area contributed by atoms with Gasteiger partial charge in [-0.2, -0.15) is 0 Å². The zero-order valence-corrected chi connectivity index (χ0v) is 40.3. The fourth-order valence-electron chi connectivity index (χ4n) is 10.0. The monoisotopic (exact) mass is 860 g/mol. The lowest BCUT2D eigenvalue weighted by atomic mass is 9.67. The molecule has 0 N–H and O–H groups in total. The van der Waals surface area contributed by atoms with Crippen molar-refractivity contribution in [3.05, 3.63) is 240 Å². The van der Waals surface area contributed by atoms with Gasteiger partial charge in [-0.15, -0.1) is 0 Å². The van der Waals surface area contributed by atoms with Crippen LogP contribution in [0.3, 0.4) is 0 Å². The summed E-state index contributed by atoms with van der Waals surface area (Å²) in [6.07, 6.45) is 0. The molecule has 0 atom stereocenters. The number of hydrogen-bond acceptors (Lipinski definition) is 2. The molecule has 9 aromatic rings. The van der Waals surface area contributed by atoms with Crippen LogP contribution in [0.1, 0.15) is 33.4 Å². The molecular formula is C60H56N2Si2. The van der Waals surface area contributed by atoms with Crippen LogP contribution in [0, 0.1) is 13.8 Å². The molecule has 0 spiro atoms. The molecule has 1 aliphatic carbocycles. The number of nitrogens with zero attached hydrogens (tertiary/aromatic N) is 2. The van der Waals surface area contributed by atoms with Gasteiger partial charge in [0.1, 0.15) is 0 Å². The van der Waals surface area contributed by atoms with Crippen molar-refractivity contribution in [1.82, 2.24) is 0 Å². The second kappa shape index (κ2) is 16.4. The van der Waals surface area contributed by atoms with Crippen LogP contribution in [0.4, 0.5) is 34.1 Å². The minimum Gasteiger partial charge on any atom is -0.310 e. The maximum absolute atomic E-state index is 2.54. The molecule has 0 aromatic heterocycles. The van der Waals surface area contributed by atoms with E-state index in [0.29, 0.717) is 0 Å². The Kier molecular flexibility index (Phi) is 10.6. The van der Waals surface area contributed by atoms with E-state index in [-0.39, 0.29) is 0 Å². The van der Waals surface area contributed by atoms with E-state index in [4.69, 9.17) is 0 Å². The van der Waals surface area contributed by atoms with Crippen LogP contribution in [0.5, 0.6) is 0 Å². The largest absolute Gasteiger partial charge is 0.310 e. The lowest BCUT2D eigenvalue weighted by Crippen LogP contribution is -2.37. The minimum atomic E-state index is -1.51. The Balaban J connectivity index is 1.29. The molecule has 0 fully saturated rings. The third-order valence-electron chi connectivity index (χ3n) is 13.4.